The van der Waals surface area contributed by atoms with E-state index < -0.39 is 5.92 Å². The fourth-order valence-electron chi connectivity index (χ4n) is 4.14. The summed E-state index contributed by atoms with van der Waals surface area (Å²) in [7, 11) is 0. The van der Waals surface area contributed by atoms with Crippen LogP contribution >= 0.6 is 0 Å². The van der Waals surface area contributed by atoms with E-state index in [0.717, 1.165) is 38.5 Å². The minimum absolute atomic E-state index is 0.0104. The molecule has 0 aromatic rings. The third-order valence-electron chi connectivity index (χ3n) is 5.57. The summed E-state index contributed by atoms with van der Waals surface area (Å²) in [6, 6.07) is -0.352. The van der Waals surface area contributed by atoms with Crippen molar-refractivity contribution in [3.63, 3.8) is 0 Å². The maximum atomic E-state index is 12.7. The van der Waals surface area contributed by atoms with Crippen molar-refractivity contribution in [2.45, 2.75) is 63.8 Å². The molecule has 1 saturated carbocycles. The summed E-state index contributed by atoms with van der Waals surface area (Å²) >= 11 is 0. The first-order chi connectivity index (χ1) is 12.7. The molecule has 2 fully saturated rings. The number of allylic oxidation sites excluding steroid dienone is 1. The van der Waals surface area contributed by atoms with Gasteiger partial charge < -0.3 is 0 Å². The van der Waals surface area contributed by atoms with Gasteiger partial charge in [-0.3, -0.25) is 15.0 Å². The number of aliphatic imine (C=N–C) groups is 3. The van der Waals surface area contributed by atoms with Crippen molar-refractivity contribution >= 4 is 29.9 Å². The Hall–Kier alpha value is -2.31. The number of hydrogen-bond acceptors (Lipinski definition) is 3. The molecule has 138 valence electrons. The lowest BCUT2D eigenvalue weighted by atomic mass is 9.97. The highest BCUT2D eigenvalue weighted by Crippen LogP contribution is 2.27. The fourth-order valence-corrected chi connectivity index (χ4v) is 4.14. The Morgan fingerprint density at radius 1 is 1.19 bits per heavy atom. The standard InChI is InChI=1S/C19H25N5O2/c25-17-15-12-21-18(20-11-10-13-6-2-1-3-7-13)22-16(15)23-19(26)24(17)14-8-4-5-9-14/h6,12,14-15H,1-5,7-11H2,(H,20,22,23,26). The van der Waals surface area contributed by atoms with E-state index in [4.69, 9.17) is 0 Å². The first-order valence-electron chi connectivity index (χ1n) is 9.71. The van der Waals surface area contributed by atoms with Crippen molar-refractivity contribution in [2.24, 2.45) is 20.9 Å². The number of imide groups is 1. The van der Waals surface area contributed by atoms with Crippen molar-refractivity contribution in [2.75, 3.05) is 6.54 Å². The van der Waals surface area contributed by atoms with Crippen LogP contribution in [0.3, 0.4) is 0 Å². The SMILES string of the molecule is O=C1NC2=NC(=NCCC3=CCCCC3)N=CC2C(=O)N1C1CCCC1. The number of fused-ring (bicyclic) bond motifs is 1. The number of amidine groups is 1. The van der Waals surface area contributed by atoms with Crippen LogP contribution in [-0.2, 0) is 4.79 Å². The van der Waals surface area contributed by atoms with Crippen molar-refractivity contribution in [3.05, 3.63) is 11.6 Å². The van der Waals surface area contributed by atoms with Gasteiger partial charge in [-0.05, 0) is 44.9 Å². The Balaban J connectivity index is 1.42. The van der Waals surface area contributed by atoms with E-state index in [-0.39, 0.29) is 18.0 Å². The number of nitrogens with zero attached hydrogens (tertiary/aromatic N) is 4. The smallest absolute Gasteiger partial charge is 0.294 e. The lowest BCUT2D eigenvalue weighted by Gasteiger charge is -2.35. The number of carbonyl (C=O) groups is 2. The van der Waals surface area contributed by atoms with Crippen molar-refractivity contribution in [1.82, 2.24) is 10.2 Å². The summed E-state index contributed by atoms with van der Waals surface area (Å²) in [4.78, 5) is 39.5. The minimum Gasteiger partial charge on any atom is -0.294 e. The molecule has 2 heterocycles. The first-order valence-corrected chi connectivity index (χ1v) is 9.71. The van der Waals surface area contributed by atoms with Crippen LogP contribution in [0.15, 0.2) is 26.6 Å². The molecule has 4 rings (SSSR count). The summed E-state index contributed by atoms with van der Waals surface area (Å²) in [5.41, 5.74) is 1.46. The van der Waals surface area contributed by atoms with E-state index in [1.807, 2.05) is 0 Å². The molecule has 0 spiro atoms. The van der Waals surface area contributed by atoms with Crippen LogP contribution in [0.1, 0.15) is 57.8 Å². The second-order valence-electron chi connectivity index (χ2n) is 7.37. The zero-order chi connectivity index (χ0) is 17.9. The first kappa shape index (κ1) is 17.1. The van der Waals surface area contributed by atoms with Crippen molar-refractivity contribution in [3.8, 4) is 0 Å². The molecule has 0 radical (unpaired) electrons. The molecular formula is C19H25N5O2. The summed E-state index contributed by atoms with van der Waals surface area (Å²) in [5.74, 6) is -0.0992. The Kier molecular flexibility index (Phi) is 4.95. The predicted molar refractivity (Wildman–Crippen MR) is 101 cm³/mol. The Labute approximate surface area is 153 Å². The summed E-state index contributed by atoms with van der Waals surface area (Å²) in [6.07, 6.45) is 13.6. The van der Waals surface area contributed by atoms with Gasteiger partial charge in [0, 0.05) is 18.8 Å². The second kappa shape index (κ2) is 7.51. The molecule has 7 nitrogen and oxygen atoms in total. The van der Waals surface area contributed by atoms with Gasteiger partial charge in [0.25, 0.3) is 0 Å². The number of hydrogen-bond donors (Lipinski definition) is 1. The molecule has 1 N–H and O–H groups in total. The average Bonchev–Trinajstić information content (AvgIpc) is 3.16. The lowest BCUT2D eigenvalue weighted by Crippen LogP contribution is -2.61. The van der Waals surface area contributed by atoms with Gasteiger partial charge in [-0.25, -0.2) is 14.8 Å². The van der Waals surface area contributed by atoms with Crippen LogP contribution in [0, 0.1) is 5.92 Å². The van der Waals surface area contributed by atoms with Gasteiger partial charge in [-0.15, -0.1) is 0 Å². The third kappa shape index (κ3) is 3.48. The van der Waals surface area contributed by atoms with Crippen LogP contribution in [-0.4, -0.2) is 47.4 Å². The number of urea groups is 1. The molecule has 2 aliphatic heterocycles. The highest BCUT2D eigenvalue weighted by Gasteiger charge is 2.43. The molecule has 1 saturated heterocycles. The second-order valence-corrected chi connectivity index (χ2v) is 7.37. The average molecular weight is 355 g/mol. The van der Waals surface area contributed by atoms with E-state index in [2.05, 4.69) is 26.4 Å². The van der Waals surface area contributed by atoms with E-state index in [0.29, 0.717) is 18.3 Å². The van der Waals surface area contributed by atoms with Crippen molar-refractivity contribution < 1.29 is 9.59 Å². The number of carbonyl (C=O) groups excluding carboxylic acids is 2. The van der Waals surface area contributed by atoms with Crippen LogP contribution in [0.4, 0.5) is 4.79 Å². The van der Waals surface area contributed by atoms with Crippen LogP contribution in [0.25, 0.3) is 0 Å². The number of amides is 3. The van der Waals surface area contributed by atoms with Gasteiger partial charge in [-0.2, -0.15) is 4.99 Å². The molecule has 1 unspecified atom stereocenters. The molecule has 26 heavy (non-hydrogen) atoms. The maximum Gasteiger partial charge on any atom is 0.329 e. The van der Waals surface area contributed by atoms with Crippen LogP contribution in [0.2, 0.25) is 0 Å². The molecule has 0 aromatic carbocycles. The minimum atomic E-state index is -0.590. The predicted octanol–water partition coefficient (Wildman–Crippen LogP) is 2.83. The van der Waals surface area contributed by atoms with Gasteiger partial charge in [-0.1, -0.05) is 24.5 Å². The highest BCUT2D eigenvalue weighted by atomic mass is 16.2. The number of guanidine groups is 1. The molecule has 7 heteroatoms. The highest BCUT2D eigenvalue weighted by molar-refractivity contribution is 6.29. The number of rotatable bonds is 4. The third-order valence-corrected chi connectivity index (χ3v) is 5.57. The van der Waals surface area contributed by atoms with Gasteiger partial charge in [0.15, 0.2) is 0 Å². The number of nitrogens with one attached hydrogen (secondary N) is 1. The molecular weight excluding hydrogens is 330 g/mol. The van der Waals surface area contributed by atoms with E-state index in [1.165, 1.54) is 29.7 Å². The Bertz CT molecular complexity index is 715. The van der Waals surface area contributed by atoms with E-state index >= 15 is 0 Å². The molecule has 0 aromatic heterocycles. The quantitative estimate of drug-likeness (QED) is 0.786. The van der Waals surface area contributed by atoms with Gasteiger partial charge in [0.05, 0.1) is 0 Å². The fraction of sp³-hybridized carbons (Fsp3) is 0.632. The summed E-state index contributed by atoms with van der Waals surface area (Å²) in [5, 5.41) is 2.78. The zero-order valence-electron chi connectivity index (χ0n) is 15.0. The van der Waals surface area contributed by atoms with Gasteiger partial charge in [0.1, 0.15) is 11.8 Å². The maximum absolute atomic E-state index is 12.7. The van der Waals surface area contributed by atoms with Crippen LogP contribution < -0.4 is 5.32 Å². The normalized spacial score (nSPS) is 28.1. The topological polar surface area (TPSA) is 86.5 Å². The monoisotopic (exact) mass is 355 g/mol. The van der Waals surface area contributed by atoms with Crippen LogP contribution in [0.5, 0.6) is 0 Å². The summed E-state index contributed by atoms with van der Waals surface area (Å²) in [6.45, 7) is 0.635. The molecule has 0 bridgehead atoms. The molecule has 1 atom stereocenters. The lowest BCUT2D eigenvalue weighted by molar-refractivity contribution is -0.130. The van der Waals surface area contributed by atoms with Gasteiger partial charge >= 0.3 is 6.03 Å². The van der Waals surface area contributed by atoms with Crippen molar-refractivity contribution in [1.29, 1.82) is 0 Å². The molecule has 3 amide bonds. The Morgan fingerprint density at radius 3 is 2.81 bits per heavy atom. The summed E-state index contributed by atoms with van der Waals surface area (Å²) < 4.78 is 0. The van der Waals surface area contributed by atoms with Gasteiger partial charge in [0.2, 0.25) is 11.9 Å². The molecule has 2 aliphatic carbocycles. The van der Waals surface area contributed by atoms with E-state index in [1.54, 1.807) is 6.21 Å². The van der Waals surface area contributed by atoms with E-state index in [9.17, 15) is 9.59 Å². The largest absolute Gasteiger partial charge is 0.329 e. The zero-order valence-corrected chi connectivity index (χ0v) is 15.0. The Morgan fingerprint density at radius 2 is 2.04 bits per heavy atom. The molecule has 4 aliphatic rings.